The van der Waals surface area contributed by atoms with Crippen LogP contribution in [0.5, 0.6) is 0 Å². The van der Waals surface area contributed by atoms with Crippen LogP contribution < -0.4 is 0 Å². The highest BCUT2D eigenvalue weighted by molar-refractivity contribution is 7.89. The second-order valence-corrected chi connectivity index (χ2v) is 6.63. The number of carboxylic acids is 1. The Kier molecular flexibility index (Phi) is 2.58. The molecule has 3 rings (SSSR count). The molecule has 0 atom stereocenters. The van der Waals surface area contributed by atoms with Gasteiger partial charge < -0.3 is 14.8 Å². The van der Waals surface area contributed by atoms with E-state index >= 15 is 0 Å². The summed E-state index contributed by atoms with van der Waals surface area (Å²) in [5, 5.41) is 19.9. The Morgan fingerprint density at radius 1 is 1.19 bits per heavy atom. The van der Waals surface area contributed by atoms with Gasteiger partial charge in [0.1, 0.15) is 10.6 Å². The van der Waals surface area contributed by atoms with Crippen LogP contribution in [0.15, 0.2) is 34.9 Å². The highest BCUT2D eigenvalue weighted by atomic mass is 32.2. The molecule has 1 aromatic heterocycles. The number of aliphatic hydroxyl groups is 1. The molecule has 1 aliphatic rings. The summed E-state index contributed by atoms with van der Waals surface area (Å²) < 4.78 is 27.3. The smallest absolute Gasteiger partial charge is 0.357 e. The number of hydrogen-bond donors (Lipinski definition) is 2. The molecule has 0 aliphatic carbocycles. The summed E-state index contributed by atoms with van der Waals surface area (Å²) in [7, 11) is -1.35. The average Bonchev–Trinajstić information content (AvgIpc) is 2.72. The molecular weight excluding hydrogens is 296 g/mol. The zero-order chi connectivity index (χ0) is 15.5. The first-order chi connectivity index (χ1) is 9.78. The van der Waals surface area contributed by atoms with E-state index in [0.717, 1.165) is 7.05 Å². The number of aryl methyl sites for hydroxylation is 1. The van der Waals surface area contributed by atoms with Crippen LogP contribution >= 0.6 is 0 Å². The number of carbonyl (C=O) groups is 1. The first kappa shape index (κ1) is 13.5. The molecule has 1 aromatic carbocycles. The zero-order valence-electron chi connectivity index (χ0n) is 11.2. The second-order valence-electron chi connectivity index (χ2n) is 4.73. The van der Waals surface area contributed by atoms with Gasteiger partial charge in [-0.05, 0) is 6.07 Å². The minimum atomic E-state index is -4.04. The monoisotopic (exact) mass is 308 g/mol. The van der Waals surface area contributed by atoms with E-state index in [2.05, 4.69) is 0 Å². The predicted octanol–water partition coefficient (Wildman–Crippen LogP) is 1.12. The number of fused-ring (bicyclic) bond motifs is 3. The number of rotatable bonds is 1. The summed E-state index contributed by atoms with van der Waals surface area (Å²) in [5.41, 5.74) is -0.0715. The van der Waals surface area contributed by atoms with Crippen molar-refractivity contribution in [3.63, 3.8) is 0 Å². The molecule has 2 N–H and O–H groups in total. The van der Waals surface area contributed by atoms with Crippen molar-refractivity contribution in [2.24, 2.45) is 7.05 Å². The highest BCUT2D eigenvalue weighted by Gasteiger charge is 2.41. The zero-order valence-corrected chi connectivity index (χ0v) is 12.0. The number of sulfonamides is 1. The van der Waals surface area contributed by atoms with Crippen molar-refractivity contribution < 1.29 is 23.4 Å². The molecule has 8 heteroatoms. The number of carboxylic acid groups (broad SMARTS) is 1. The van der Waals surface area contributed by atoms with E-state index in [-0.39, 0.29) is 10.6 Å². The molecule has 0 bridgehead atoms. The Labute approximate surface area is 120 Å². The van der Waals surface area contributed by atoms with Gasteiger partial charge in [0, 0.05) is 25.0 Å². The van der Waals surface area contributed by atoms with Crippen molar-refractivity contribution in [3.8, 4) is 0 Å². The van der Waals surface area contributed by atoms with Gasteiger partial charge in [-0.2, -0.15) is 0 Å². The maximum atomic E-state index is 12.6. The number of hydrogen-bond acceptors (Lipinski definition) is 4. The first-order valence-corrected chi connectivity index (χ1v) is 7.45. The molecule has 7 nitrogen and oxygen atoms in total. The van der Waals surface area contributed by atoms with E-state index in [4.69, 9.17) is 5.11 Å². The molecular formula is C13H12N2O5S. The minimum Gasteiger partial charge on any atom is -0.504 e. The third-order valence-corrected chi connectivity index (χ3v) is 5.48. The lowest BCUT2D eigenvalue weighted by Crippen LogP contribution is -2.35. The number of nitrogens with zero attached hydrogens (tertiary/aromatic N) is 2. The van der Waals surface area contributed by atoms with Crippen LogP contribution in [0.3, 0.4) is 0 Å². The summed E-state index contributed by atoms with van der Waals surface area (Å²) in [4.78, 5) is 11.2. The lowest BCUT2D eigenvalue weighted by atomic mass is 10.2. The van der Waals surface area contributed by atoms with Crippen molar-refractivity contribution in [1.82, 2.24) is 8.87 Å². The summed E-state index contributed by atoms with van der Waals surface area (Å²) in [6.07, 6.45) is 0. The van der Waals surface area contributed by atoms with Crippen molar-refractivity contribution in [2.75, 3.05) is 7.05 Å². The normalized spacial score (nSPS) is 17.1. The van der Waals surface area contributed by atoms with Crippen LogP contribution in [0.1, 0.15) is 5.69 Å². The minimum absolute atomic E-state index is 0.00769. The molecule has 110 valence electrons. The molecule has 0 unspecified atom stereocenters. The van der Waals surface area contributed by atoms with Gasteiger partial charge in [-0.3, -0.25) is 4.31 Å². The standard InChI is InChI=1S/C13H12N2O5S/c1-14-8-6-4-3-5-7(8)12-9(14)11(16)10(13(17)18)15(2)21(12,19)20/h3-6,16H,1-2H3,(H,17,18). The van der Waals surface area contributed by atoms with E-state index in [1.165, 1.54) is 4.57 Å². The molecule has 0 fully saturated rings. The lowest BCUT2D eigenvalue weighted by Gasteiger charge is -2.25. The van der Waals surface area contributed by atoms with Gasteiger partial charge in [-0.15, -0.1) is 0 Å². The van der Waals surface area contributed by atoms with Crippen molar-refractivity contribution in [2.45, 2.75) is 4.90 Å². The molecule has 1 aliphatic heterocycles. The molecule has 0 saturated heterocycles. The molecule has 0 radical (unpaired) electrons. The fraction of sp³-hybridized carbons (Fsp3) is 0.154. The Morgan fingerprint density at radius 3 is 2.43 bits per heavy atom. The topological polar surface area (TPSA) is 99.8 Å². The third-order valence-electron chi connectivity index (χ3n) is 3.65. The number of benzene rings is 1. The van der Waals surface area contributed by atoms with Crippen molar-refractivity contribution in [3.05, 3.63) is 35.7 Å². The largest absolute Gasteiger partial charge is 0.504 e. The van der Waals surface area contributed by atoms with Crippen LogP contribution in [0.2, 0.25) is 0 Å². The van der Waals surface area contributed by atoms with E-state index in [1.54, 1.807) is 31.3 Å². The van der Waals surface area contributed by atoms with E-state index < -0.39 is 27.4 Å². The quantitative estimate of drug-likeness (QED) is 0.822. The van der Waals surface area contributed by atoms with Gasteiger partial charge in [0.2, 0.25) is 0 Å². The van der Waals surface area contributed by atoms with Gasteiger partial charge in [0.15, 0.2) is 11.5 Å². The molecule has 0 spiro atoms. The fourth-order valence-corrected chi connectivity index (χ4v) is 4.25. The maximum absolute atomic E-state index is 12.6. The van der Waals surface area contributed by atoms with Crippen LogP contribution in [0.25, 0.3) is 16.7 Å². The Morgan fingerprint density at radius 2 is 1.81 bits per heavy atom. The number of aromatic nitrogens is 1. The number of likely N-dealkylation sites (N-methyl/N-ethyl adjacent to an activating group) is 1. The Hall–Kier alpha value is -2.48. The van der Waals surface area contributed by atoms with E-state index in [9.17, 15) is 18.3 Å². The van der Waals surface area contributed by atoms with E-state index in [1.807, 2.05) is 0 Å². The molecule has 0 saturated carbocycles. The highest BCUT2D eigenvalue weighted by Crippen LogP contribution is 2.40. The van der Waals surface area contributed by atoms with Gasteiger partial charge in [0.05, 0.1) is 0 Å². The van der Waals surface area contributed by atoms with Crippen molar-refractivity contribution >= 4 is 32.7 Å². The van der Waals surface area contributed by atoms with E-state index in [0.29, 0.717) is 15.2 Å². The second kappa shape index (κ2) is 4.01. The lowest BCUT2D eigenvalue weighted by molar-refractivity contribution is -0.133. The van der Waals surface area contributed by atoms with Gasteiger partial charge in [0.25, 0.3) is 10.0 Å². The van der Waals surface area contributed by atoms with Gasteiger partial charge in [-0.1, -0.05) is 18.2 Å². The summed E-state index contributed by atoms with van der Waals surface area (Å²) in [6, 6.07) is 6.75. The number of aliphatic carboxylic acids is 1. The molecule has 2 heterocycles. The van der Waals surface area contributed by atoms with Gasteiger partial charge in [-0.25, -0.2) is 13.2 Å². The third kappa shape index (κ3) is 1.53. The Bertz CT molecular complexity index is 923. The van der Waals surface area contributed by atoms with Crippen LogP contribution in [-0.4, -0.2) is 40.5 Å². The van der Waals surface area contributed by atoms with Crippen molar-refractivity contribution in [1.29, 1.82) is 0 Å². The number of para-hydroxylation sites is 1. The summed E-state index contributed by atoms with van der Waals surface area (Å²) in [5.74, 6) is -2.07. The predicted molar refractivity (Wildman–Crippen MR) is 75.1 cm³/mol. The van der Waals surface area contributed by atoms with Crippen LogP contribution in [0, 0.1) is 0 Å². The average molecular weight is 308 g/mol. The van der Waals surface area contributed by atoms with Crippen LogP contribution in [-0.2, 0) is 21.9 Å². The first-order valence-electron chi connectivity index (χ1n) is 6.01. The number of aliphatic hydroxyl groups excluding tert-OH is 1. The fourth-order valence-electron chi connectivity index (χ4n) is 2.64. The summed E-state index contributed by atoms with van der Waals surface area (Å²) >= 11 is 0. The Balaban J connectivity index is 2.58. The molecule has 0 amide bonds. The summed E-state index contributed by atoms with van der Waals surface area (Å²) in [6.45, 7) is 0. The molecule has 21 heavy (non-hydrogen) atoms. The van der Waals surface area contributed by atoms with Gasteiger partial charge >= 0.3 is 5.97 Å². The SMILES string of the molecule is CN1C(C(=O)O)=C(O)c2c(c3ccccc3n2C)S1(=O)=O. The maximum Gasteiger partial charge on any atom is 0.357 e. The molecule has 2 aromatic rings. The van der Waals surface area contributed by atoms with Crippen LogP contribution in [0.4, 0.5) is 0 Å².